The second-order valence-electron chi connectivity index (χ2n) is 11.6. The molecule has 4 N–H and O–H groups in total. The molecule has 2 heterocycles. The molecule has 3 aliphatic carbocycles. The minimum absolute atomic E-state index is 0.221. The Hall–Kier alpha value is -4.68. The van der Waals surface area contributed by atoms with Gasteiger partial charge in [0, 0.05) is 11.8 Å². The van der Waals surface area contributed by atoms with Crippen LogP contribution in [0.3, 0.4) is 0 Å². The van der Waals surface area contributed by atoms with Gasteiger partial charge in [-0.2, -0.15) is 0 Å². The van der Waals surface area contributed by atoms with E-state index < -0.39 is 96.6 Å². The SMILES string of the molecule is N[C@H](Cc1ccccc1)C(=O)OCN1C(=O)[C@@H]2C3C=CC([C@H]2C1=O)[C@@H]1C(=O)N(COC(=O)[C@@H](N)Cc2ccccc2)C(=O)[C@H]31. The fraction of sp³-hybridized carbons (Fsp3) is 0.375. The molecular weight excluding hydrogens is 568 g/mol. The molecular formula is C32H32N4O8. The maximum Gasteiger partial charge on any atom is 0.324 e. The van der Waals surface area contributed by atoms with Crippen LogP contribution in [0.15, 0.2) is 72.8 Å². The van der Waals surface area contributed by atoms with E-state index in [0.29, 0.717) is 0 Å². The number of amides is 4. The molecule has 2 aromatic carbocycles. The van der Waals surface area contributed by atoms with Crippen molar-refractivity contribution in [2.75, 3.05) is 13.5 Å². The van der Waals surface area contributed by atoms with E-state index in [4.69, 9.17) is 20.9 Å². The third-order valence-electron chi connectivity index (χ3n) is 9.07. The Morgan fingerprint density at radius 3 is 1.23 bits per heavy atom. The van der Waals surface area contributed by atoms with Crippen molar-refractivity contribution in [2.24, 2.45) is 47.0 Å². The smallest absolute Gasteiger partial charge is 0.324 e. The van der Waals surface area contributed by atoms with Crippen LogP contribution in [-0.2, 0) is 51.1 Å². The van der Waals surface area contributed by atoms with Crippen molar-refractivity contribution in [3.05, 3.63) is 83.9 Å². The number of nitrogens with two attached hydrogens (primary N) is 2. The van der Waals surface area contributed by atoms with E-state index >= 15 is 0 Å². The van der Waals surface area contributed by atoms with Crippen LogP contribution in [-0.4, -0.2) is 70.9 Å². The molecule has 4 amide bonds. The summed E-state index contributed by atoms with van der Waals surface area (Å²) in [5, 5.41) is 0. The van der Waals surface area contributed by atoms with Gasteiger partial charge in [-0.3, -0.25) is 28.8 Å². The number of allylic oxidation sites excluding steroid dienone is 2. The molecule has 0 aromatic heterocycles. The van der Waals surface area contributed by atoms with Gasteiger partial charge in [0.2, 0.25) is 23.6 Å². The van der Waals surface area contributed by atoms with E-state index in [0.717, 1.165) is 20.9 Å². The topological polar surface area (TPSA) is 179 Å². The molecule has 2 unspecified atom stereocenters. The summed E-state index contributed by atoms with van der Waals surface area (Å²) in [5.41, 5.74) is 13.6. The molecule has 2 aromatic rings. The lowest BCUT2D eigenvalue weighted by Gasteiger charge is -2.44. The van der Waals surface area contributed by atoms with Crippen molar-refractivity contribution in [3.63, 3.8) is 0 Å². The van der Waals surface area contributed by atoms with Crippen LogP contribution in [0.4, 0.5) is 0 Å². The highest BCUT2D eigenvalue weighted by Crippen LogP contribution is 2.57. The number of carbonyl (C=O) groups is 6. The number of carbonyl (C=O) groups excluding carboxylic acids is 6. The molecule has 12 nitrogen and oxygen atoms in total. The average molecular weight is 601 g/mol. The van der Waals surface area contributed by atoms with E-state index in [1.807, 2.05) is 60.7 Å². The van der Waals surface area contributed by atoms with Crippen molar-refractivity contribution >= 4 is 35.6 Å². The van der Waals surface area contributed by atoms with Gasteiger partial charge in [0.05, 0.1) is 23.7 Å². The molecule has 44 heavy (non-hydrogen) atoms. The highest BCUT2D eigenvalue weighted by atomic mass is 16.6. The van der Waals surface area contributed by atoms with E-state index in [9.17, 15) is 28.8 Å². The number of hydrogen-bond donors (Lipinski definition) is 2. The predicted molar refractivity (Wildman–Crippen MR) is 152 cm³/mol. The van der Waals surface area contributed by atoms with Crippen molar-refractivity contribution in [1.29, 1.82) is 0 Å². The monoisotopic (exact) mass is 600 g/mol. The van der Waals surface area contributed by atoms with Gasteiger partial charge >= 0.3 is 11.9 Å². The van der Waals surface area contributed by atoms with E-state index in [1.54, 1.807) is 12.2 Å². The highest BCUT2D eigenvalue weighted by molar-refractivity contribution is 6.10. The van der Waals surface area contributed by atoms with Crippen molar-refractivity contribution in [2.45, 2.75) is 24.9 Å². The Balaban J connectivity index is 1.09. The van der Waals surface area contributed by atoms with Gasteiger partial charge in [-0.25, -0.2) is 9.80 Å². The third kappa shape index (κ3) is 5.09. The minimum Gasteiger partial charge on any atom is -0.443 e. The molecule has 8 atom stereocenters. The van der Waals surface area contributed by atoms with Crippen LogP contribution in [0.25, 0.3) is 0 Å². The van der Waals surface area contributed by atoms with Gasteiger partial charge in [0.15, 0.2) is 13.5 Å². The first-order valence-electron chi connectivity index (χ1n) is 14.5. The Bertz CT molecular complexity index is 1370. The number of likely N-dealkylation sites (tertiary alicyclic amines) is 2. The quantitative estimate of drug-likeness (QED) is 0.217. The molecule has 2 aliphatic heterocycles. The Morgan fingerprint density at radius 2 is 0.909 bits per heavy atom. The molecule has 12 heteroatoms. The number of nitrogens with zero attached hydrogens (tertiary/aromatic N) is 2. The summed E-state index contributed by atoms with van der Waals surface area (Å²) in [6, 6.07) is 16.2. The summed E-state index contributed by atoms with van der Waals surface area (Å²) in [6.07, 6.45) is 3.86. The molecule has 2 bridgehead atoms. The standard InChI is InChI=1S/C32H32N4O8/c33-21(13-17-7-3-1-4-8-17)31(41)43-15-35-27(37)23-19-11-12-20(24(23)28(35)38)26-25(19)29(39)36(30(26)40)16-44-32(42)22(34)14-18-9-5-2-6-10-18/h1-12,19-26H,13-16,33-34H2/t19?,20?,21-,22+,23-,24-,25-,26+/m1/s1. The van der Waals surface area contributed by atoms with Gasteiger partial charge in [-0.15, -0.1) is 0 Å². The van der Waals surface area contributed by atoms with E-state index in [-0.39, 0.29) is 12.8 Å². The Morgan fingerprint density at radius 1 is 0.591 bits per heavy atom. The van der Waals surface area contributed by atoms with Crippen LogP contribution in [0.2, 0.25) is 0 Å². The van der Waals surface area contributed by atoms with Crippen molar-refractivity contribution in [1.82, 2.24) is 9.80 Å². The van der Waals surface area contributed by atoms with Gasteiger partial charge in [-0.1, -0.05) is 72.8 Å². The number of ether oxygens (including phenoxy) is 2. The van der Waals surface area contributed by atoms with Crippen LogP contribution in [0.1, 0.15) is 11.1 Å². The molecule has 7 rings (SSSR count). The second kappa shape index (κ2) is 11.8. The van der Waals surface area contributed by atoms with Gasteiger partial charge in [0.1, 0.15) is 12.1 Å². The normalized spacial score (nSPS) is 28.1. The summed E-state index contributed by atoms with van der Waals surface area (Å²) >= 11 is 0. The second-order valence-corrected chi connectivity index (χ2v) is 11.6. The third-order valence-corrected chi connectivity index (χ3v) is 9.07. The lowest BCUT2D eigenvalue weighted by Crippen LogP contribution is -2.50. The number of esters is 2. The van der Waals surface area contributed by atoms with Crippen LogP contribution in [0, 0.1) is 35.5 Å². The van der Waals surface area contributed by atoms with Gasteiger partial charge in [0.25, 0.3) is 0 Å². The zero-order valence-electron chi connectivity index (χ0n) is 23.7. The fourth-order valence-electron chi connectivity index (χ4n) is 6.98. The molecule has 0 radical (unpaired) electrons. The highest BCUT2D eigenvalue weighted by Gasteiger charge is 2.68. The Kier molecular flexibility index (Phi) is 7.87. The van der Waals surface area contributed by atoms with Crippen LogP contribution in [0.5, 0.6) is 0 Å². The lowest BCUT2D eigenvalue weighted by molar-refractivity contribution is -0.158. The van der Waals surface area contributed by atoms with Gasteiger partial charge < -0.3 is 20.9 Å². The zero-order chi connectivity index (χ0) is 31.1. The largest absolute Gasteiger partial charge is 0.443 e. The zero-order valence-corrected chi connectivity index (χ0v) is 23.7. The first-order valence-corrected chi connectivity index (χ1v) is 14.5. The summed E-state index contributed by atoms with van der Waals surface area (Å²) in [6.45, 7) is -1.21. The van der Waals surface area contributed by atoms with Crippen molar-refractivity contribution in [3.8, 4) is 0 Å². The Labute approximate surface area is 252 Å². The molecule has 3 fully saturated rings. The van der Waals surface area contributed by atoms with Crippen molar-refractivity contribution < 1.29 is 38.2 Å². The first kappa shape index (κ1) is 29.4. The lowest BCUT2D eigenvalue weighted by atomic mass is 9.54. The van der Waals surface area contributed by atoms with E-state index in [2.05, 4.69) is 0 Å². The number of hydrogen-bond acceptors (Lipinski definition) is 10. The summed E-state index contributed by atoms with van der Waals surface area (Å²) < 4.78 is 10.5. The maximum atomic E-state index is 13.5. The number of benzene rings is 2. The summed E-state index contributed by atoms with van der Waals surface area (Å²) in [7, 11) is 0. The van der Waals surface area contributed by atoms with Crippen LogP contribution < -0.4 is 11.5 Å². The number of rotatable bonds is 10. The maximum absolute atomic E-state index is 13.5. The minimum atomic E-state index is -0.993. The first-order chi connectivity index (χ1) is 21.2. The molecule has 2 saturated heterocycles. The average Bonchev–Trinajstić information content (AvgIpc) is 3.45. The van der Waals surface area contributed by atoms with Gasteiger partial charge in [-0.05, 0) is 24.0 Å². The van der Waals surface area contributed by atoms with E-state index in [1.165, 1.54) is 0 Å². The summed E-state index contributed by atoms with van der Waals surface area (Å²) in [5.74, 6) is -8.76. The fourth-order valence-corrected chi connectivity index (χ4v) is 6.98. The molecule has 228 valence electrons. The van der Waals surface area contributed by atoms with Crippen LogP contribution >= 0.6 is 0 Å². The predicted octanol–water partition coefficient (Wildman–Crippen LogP) is 0.146. The molecule has 0 spiro atoms. The molecule has 1 saturated carbocycles. The summed E-state index contributed by atoms with van der Waals surface area (Å²) in [4.78, 5) is 80.7. The number of imide groups is 2. The molecule has 5 aliphatic rings.